The van der Waals surface area contributed by atoms with Gasteiger partial charge >= 0.3 is 0 Å². The molecule has 2 aromatic carbocycles. The minimum Gasteiger partial charge on any atom is -0.493 e. The topological polar surface area (TPSA) is 47.6 Å². The Kier molecular flexibility index (Phi) is 7.08. The molecule has 0 bridgehead atoms. The number of piperidine rings is 1. The first-order valence-electron chi connectivity index (χ1n) is 9.48. The average molecular weight is 353 g/mol. The maximum absolute atomic E-state index is 12.4. The molecule has 3 rings (SSSR count). The van der Waals surface area contributed by atoms with Crippen molar-refractivity contribution < 1.29 is 14.3 Å². The van der Waals surface area contributed by atoms with Gasteiger partial charge in [0.1, 0.15) is 11.5 Å². The Bertz CT molecular complexity index is 664. The molecule has 1 fully saturated rings. The Morgan fingerprint density at radius 3 is 2.27 bits per heavy atom. The van der Waals surface area contributed by atoms with Gasteiger partial charge in [-0.05, 0) is 55.8 Å². The third kappa shape index (κ3) is 5.88. The van der Waals surface area contributed by atoms with Crippen LogP contribution in [0, 0.1) is 0 Å². The fourth-order valence-corrected chi connectivity index (χ4v) is 3.13. The highest BCUT2D eigenvalue weighted by Gasteiger charge is 2.17. The molecule has 0 spiro atoms. The van der Waals surface area contributed by atoms with Gasteiger partial charge in [0, 0.05) is 24.4 Å². The summed E-state index contributed by atoms with van der Waals surface area (Å²) in [6.45, 7) is 2.24. The second-order valence-electron chi connectivity index (χ2n) is 6.66. The van der Waals surface area contributed by atoms with Gasteiger partial charge in [-0.1, -0.05) is 24.6 Å². The molecule has 1 N–H and O–H groups in total. The van der Waals surface area contributed by atoms with Crippen LogP contribution in [0.15, 0.2) is 54.6 Å². The van der Waals surface area contributed by atoms with Gasteiger partial charge < -0.3 is 14.8 Å². The predicted octanol–water partition coefficient (Wildman–Crippen LogP) is 4.25. The number of rotatable bonds is 9. The van der Waals surface area contributed by atoms with Crippen LogP contribution in [0.4, 0.5) is 0 Å². The second-order valence-corrected chi connectivity index (χ2v) is 6.66. The summed E-state index contributed by atoms with van der Waals surface area (Å²) >= 11 is 0. The van der Waals surface area contributed by atoms with Gasteiger partial charge in [-0.3, -0.25) is 4.79 Å². The maximum atomic E-state index is 12.4. The summed E-state index contributed by atoms with van der Waals surface area (Å²) in [5.41, 5.74) is 0.761. The second kappa shape index (κ2) is 9.97. The molecule has 1 aliphatic heterocycles. The van der Waals surface area contributed by atoms with Gasteiger partial charge in [-0.25, -0.2) is 0 Å². The van der Waals surface area contributed by atoms with E-state index in [-0.39, 0.29) is 5.78 Å². The number of hydrogen-bond acceptors (Lipinski definition) is 4. The fraction of sp³-hybridized carbons (Fsp3) is 0.409. The summed E-state index contributed by atoms with van der Waals surface area (Å²) in [5.74, 6) is 1.87. The van der Waals surface area contributed by atoms with E-state index in [0.717, 1.165) is 36.4 Å². The number of para-hydroxylation sites is 1. The van der Waals surface area contributed by atoms with E-state index in [2.05, 4.69) is 5.32 Å². The molecule has 138 valence electrons. The number of ether oxygens (including phenoxy) is 2. The van der Waals surface area contributed by atoms with E-state index in [0.29, 0.717) is 25.7 Å². The van der Waals surface area contributed by atoms with Gasteiger partial charge in [-0.15, -0.1) is 0 Å². The molecule has 1 unspecified atom stereocenters. The lowest BCUT2D eigenvalue weighted by Gasteiger charge is -2.22. The Morgan fingerprint density at radius 2 is 1.62 bits per heavy atom. The van der Waals surface area contributed by atoms with Crippen molar-refractivity contribution in [2.24, 2.45) is 0 Å². The number of hydrogen-bond donors (Lipinski definition) is 1. The smallest absolute Gasteiger partial charge is 0.164 e. The minimum absolute atomic E-state index is 0.201. The van der Waals surface area contributed by atoms with Crippen molar-refractivity contribution in [2.75, 3.05) is 19.8 Å². The van der Waals surface area contributed by atoms with Crippen molar-refractivity contribution >= 4 is 5.78 Å². The largest absolute Gasteiger partial charge is 0.493 e. The van der Waals surface area contributed by atoms with E-state index in [9.17, 15) is 4.79 Å². The molecule has 1 heterocycles. The van der Waals surface area contributed by atoms with Crippen LogP contribution in [0.3, 0.4) is 0 Å². The van der Waals surface area contributed by atoms with Crippen LogP contribution in [0.5, 0.6) is 11.5 Å². The maximum Gasteiger partial charge on any atom is 0.164 e. The summed E-state index contributed by atoms with van der Waals surface area (Å²) < 4.78 is 11.4. The van der Waals surface area contributed by atoms with E-state index in [1.54, 1.807) is 0 Å². The fourth-order valence-electron chi connectivity index (χ4n) is 3.13. The number of carbonyl (C=O) groups is 1. The molecule has 0 saturated carbocycles. The molecule has 1 saturated heterocycles. The monoisotopic (exact) mass is 353 g/mol. The molecule has 2 aromatic rings. The number of Topliss-reactive ketones (excluding diaryl/α,β-unsaturated/α-hetero) is 1. The number of ketones is 1. The summed E-state index contributed by atoms with van der Waals surface area (Å²) in [4.78, 5) is 12.4. The van der Waals surface area contributed by atoms with Crippen molar-refractivity contribution in [2.45, 2.75) is 38.1 Å². The Morgan fingerprint density at radius 1 is 0.923 bits per heavy atom. The molecule has 0 aliphatic carbocycles. The SMILES string of the molecule is O=C(CC1CCCCN1)c1ccc(OCCCOc2ccccc2)cc1. The van der Waals surface area contributed by atoms with Crippen molar-refractivity contribution in [1.82, 2.24) is 5.32 Å². The molecule has 4 nitrogen and oxygen atoms in total. The summed E-state index contributed by atoms with van der Waals surface area (Å²) in [6, 6.07) is 17.6. The zero-order valence-corrected chi connectivity index (χ0v) is 15.2. The highest BCUT2D eigenvalue weighted by atomic mass is 16.5. The Balaban J connectivity index is 1.36. The molecule has 1 aliphatic rings. The number of nitrogens with one attached hydrogen (secondary N) is 1. The average Bonchev–Trinajstić information content (AvgIpc) is 2.70. The highest BCUT2D eigenvalue weighted by Crippen LogP contribution is 2.17. The minimum atomic E-state index is 0.201. The van der Waals surface area contributed by atoms with Gasteiger partial charge in [0.2, 0.25) is 0 Å². The third-order valence-electron chi connectivity index (χ3n) is 4.59. The van der Waals surface area contributed by atoms with Crippen LogP contribution in [-0.4, -0.2) is 31.6 Å². The lowest BCUT2D eigenvalue weighted by molar-refractivity contribution is 0.0963. The van der Waals surface area contributed by atoms with Crippen LogP contribution >= 0.6 is 0 Å². The van der Waals surface area contributed by atoms with Crippen molar-refractivity contribution in [1.29, 1.82) is 0 Å². The van der Waals surface area contributed by atoms with Crippen molar-refractivity contribution in [3.63, 3.8) is 0 Å². The first kappa shape index (κ1) is 18.5. The molecular formula is C22H27NO3. The Hall–Kier alpha value is -2.33. The van der Waals surface area contributed by atoms with Gasteiger partial charge in [0.15, 0.2) is 5.78 Å². The molecule has 1 atom stereocenters. The molecule has 0 amide bonds. The van der Waals surface area contributed by atoms with Gasteiger partial charge in [-0.2, -0.15) is 0 Å². The van der Waals surface area contributed by atoms with Crippen LogP contribution in [0.1, 0.15) is 42.5 Å². The van der Waals surface area contributed by atoms with E-state index in [1.165, 1.54) is 12.8 Å². The van der Waals surface area contributed by atoms with Crippen LogP contribution < -0.4 is 14.8 Å². The van der Waals surface area contributed by atoms with Crippen LogP contribution in [-0.2, 0) is 0 Å². The van der Waals surface area contributed by atoms with Gasteiger partial charge in [0.25, 0.3) is 0 Å². The molecule has 26 heavy (non-hydrogen) atoms. The first-order valence-corrected chi connectivity index (χ1v) is 9.48. The van der Waals surface area contributed by atoms with E-state index >= 15 is 0 Å². The summed E-state index contributed by atoms with van der Waals surface area (Å²) in [6.07, 6.45) is 4.91. The van der Waals surface area contributed by atoms with Gasteiger partial charge in [0.05, 0.1) is 13.2 Å². The normalized spacial score (nSPS) is 16.8. The van der Waals surface area contributed by atoms with E-state index < -0.39 is 0 Å². The zero-order chi connectivity index (χ0) is 18.0. The Labute approximate surface area is 155 Å². The molecule has 0 aromatic heterocycles. The van der Waals surface area contributed by atoms with Crippen LogP contribution in [0.2, 0.25) is 0 Å². The molecular weight excluding hydrogens is 326 g/mol. The quantitative estimate of drug-likeness (QED) is 0.541. The standard InChI is InChI=1S/C22H27NO3/c24-22(17-19-7-4-5-14-23-19)18-10-12-21(13-11-18)26-16-6-15-25-20-8-2-1-3-9-20/h1-3,8-13,19,23H,4-7,14-17H2. The predicted molar refractivity (Wildman–Crippen MR) is 103 cm³/mol. The van der Waals surface area contributed by atoms with Crippen molar-refractivity contribution in [3.05, 3.63) is 60.2 Å². The summed E-state index contributed by atoms with van der Waals surface area (Å²) in [5, 5.41) is 3.43. The summed E-state index contributed by atoms with van der Waals surface area (Å²) in [7, 11) is 0. The van der Waals surface area contributed by atoms with Crippen LogP contribution in [0.25, 0.3) is 0 Å². The zero-order valence-electron chi connectivity index (χ0n) is 15.2. The lowest BCUT2D eigenvalue weighted by Crippen LogP contribution is -2.35. The third-order valence-corrected chi connectivity index (χ3v) is 4.59. The first-order chi connectivity index (χ1) is 12.8. The number of benzene rings is 2. The molecule has 0 radical (unpaired) electrons. The molecule has 4 heteroatoms. The van der Waals surface area contributed by atoms with E-state index in [1.807, 2.05) is 54.6 Å². The number of carbonyl (C=O) groups excluding carboxylic acids is 1. The van der Waals surface area contributed by atoms with Crippen molar-refractivity contribution in [3.8, 4) is 11.5 Å². The van der Waals surface area contributed by atoms with E-state index in [4.69, 9.17) is 9.47 Å². The lowest BCUT2D eigenvalue weighted by atomic mass is 9.97. The highest BCUT2D eigenvalue weighted by molar-refractivity contribution is 5.96.